The normalized spacial score (nSPS) is 10.2. The van der Waals surface area contributed by atoms with E-state index in [2.05, 4.69) is 0 Å². The van der Waals surface area contributed by atoms with E-state index in [4.69, 9.17) is 9.84 Å². The molecule has 3 nitrogen and oxygen atoms in total. The summed E-state index contributed by atoms with van der Waals surface area (Å²) < 4.78 is 18.9. The molecule has 0 aromatic heterocycles. The second-order valence-electron chi connectivity index (χ2n) is 4.18. The molecule has 19 heavy (non-hydrogen) atoms. The van der Waals surface area contributed by atoms with Gasteiger partial charge in [-0.05, 0) is 30.2 Å². The van der Waals surface area contributed by atoms with Crippen molar-refractivity contribution in [3.8, 4) is 5.75 Å². The standard InChI is InChI=1S/C15H13FO3/c1-10-7-13(16)12(15(17)18)8-14(10)19-9-11-5-3-2-4-6-11/h2-8H,9H2,1H3,(H,17,18). The zero-order valence-electron chi connectivity index (χ0n) is 10.4. The van der Waals surface area contributed by atoms with Crippen molar-refractivity contribution in [3.05, 3.63) is 65.0 Å². The molecule has 0 aliphatic rings. The molecular formula is C15H13FO3. The summed E-state index contributed by atoms with van der Waals surface area (Å²) in [5, 5.41) is 8.87. The van der Waals surface area contributed by atoms with E-state index in [-0.39, 0.29) is 5.56 Å². The van der Waals surface area contributed by atoms with Gasteiger partial charge in [0.15, 0.2) is 0 Å². The SMILES string of the molecule is Cc1cc(F)c(C(=O)O)cc1OCc1ccccc1. The molecular weight excluding hydrogens is 247 g/mol. The van der Waals surface area contributed by atoms with E-state index >= 15 is 0 Å². The summed E-state index contributed by atoms with van der Waals surface area (Å²) in [6, 6.07) is 11.9. The lowest BCUT2D eigenvalue weighted by atomic mass is 10.1. The van der Waals surface area contributed by atoms with Gasteiger partial charge in [-0.3, -0.25) is 0 Å². The lowest BCUT2D eigenvalue weighted by molar-refractivity contribution is 0.0691. The van der Waals surface area contributed by atoms with Gasteiger partial charge >= 0.3 is 5.97 Å². The number of benzene rings is 2. The lowest BCUT2D eigenvalue weighted by Crippen LogP contribution is -2.04. The van der Waals surface area contributed by atoms with Crippen LogP contribution >= 0.6 is 0 Å². The van der Waals surface area contributed by atoms with Gasteiger partial charge in [-0.25, -0.2) is 9.18 Å². The van der Waals surface area contributed by atoms with Crippen LogP contribution in [0.5, 0.6) is 5.75 Å². The van der Waals surface area contributed by atoms with Crippen LogP contribution in [-0.4, -0.2) is 11.1 Å². The highest BCUT2D eigenvalue weighted by Gasteiger charge is 2.14. The van der Waals surface area contributed by atoms with Crippen molar-refractivity contribution >= 4 is 5.97 Å². The molecule has 0 amide bonds. The Morgan fingerprint density at radius 2 is 1.95 bits per heavy atom. The minimum Gasteiger partial charge on any atom is -0.489 e. The van der Waals surface area contributed by atoms with Crippen LogP contribution in [0.3, 0.4) is 0 Å². The molecule has 0 saturated carbocycles. The minimum atomic E-state index is -1.30. The molecule has 98 valence electrons. The van der Waals surface area contributed by atoms with Crippen LogP contribution < -0.4 is 4.74 Å². The zero-order valence-corrected chi connectivity index (χ0v) is 10.4. The molecule has 0 unspecified atom stereocenters. The fourth-order valence-electron chi connectivity index (χ4n) is 1.71. The predicted octanol–water partition coefficient (Wildman–Crippen LogP) is 3.41. The van der Waals surface area contributed by atoms with Crippen molar-refractivity contribution in [3.63, 3.8) is 0 Å². The number of ether oxygens (including phenoxy) is 1. The Morgan fingerprint density at radius 1 is 1.26 bits per heavy atom. The first kappa shape index (κ1) is 13.1. The van der Waals surface area contributed by atoms with Crippen molar-refractivity contribution < 1.29 is 19.0 Å². The number of carboxylic acid groups (broad SMARTS) is 1. The van der Waals surface area contributed by atoms with E-state index in [1.54, 1.807) is 6.92 Å². The van der Waals surface area contributed by atoms with Crippen molar-refractivity contribution in [1.29, 1.82) is 0 Å². The fourth-order valence-corrected chi connectivity index (χ4v) is 1.71. The molecule has 0 radical (unpaired) electrons. The fraction of sp³-hybridized carbons (Fsp3) is 0.133. The van der Waals surface area contributed by atoms with Gasteiger partial charge < -0.3 is 9.84 Å². The molecule has 0 spiro atoms. The Kier molecular flexibility index (Phi) is 3.80. The van der Waals surface area contributed by atoms with Crippen LogP contribution in [0.2, 0.25) is 0 Å². The van der Waals surface area contributed by atoms with E-state index in [0.29, 0.717) is 17.9 Å². The van der Waals surface area contributed by atoms with E-state index in [1.807, 2.05) is 30.3 Å². The van der Waals surface area contributed by atoms with Gasteiger partial charge in [0.05, 0.1) is 5.56 Å². The van der Waals surface area contributed by atoms with Gasteiger partial charge in [0, 0.05) is 0 Å². The van der Waals surface area contributed by atoms with Gasteiger partial charge in [0.1, 0.15) is 18.2 Å². The van der Waals surface area contributed by atoms with Crippen LogP contribution in [0.25, 0.3) is 0 Å². The Balaban J connectivity index is 2.21. The number of rotatable bonds is 4. The topological polar surface area (TPSA) is 46.5 Å². The Hall–Kier alpha value is -2.36. The number of halogens is 1. The third kappa shape index (κ3) is 3.10. The minimum absolute atomic E-state index is 0.312. The summed E-state index contributed by atoms with van der Waals surface area (Å²) in [7, 11) is 0. The maximum atomic E-state index is 13.4. The van der Waals surface area contributed by atoms with E-state index < -0.39 is 11.8 Å². The molecule has 0 aliphatic heterocycles. The summed E-state index contributed by atoms with van der Waals surface area (Å²) in [4.78, 5) is 10.9. The average Bonchev–Trinajstić information content (AvgIpc) is 2.38. The van der Waals surface area contributed by atoms with Crippen LogP contribution in [0.1, 0.15) is 21.5 Å². The molecule has 2 rings (SSSR count). The highest BCUT2D eigenvalue weighted by molar-refractivity contribution is 5.88. The summed E-state index contributed by atoms with van der Waals surface area (Å²) in [6.45, 7) is 1.99. The molecule has 0 heterocycles. The first-order valence-electron chi connectivity index (χ1n) is 5.78. The van der Waals surface area contributed by atoms with Crippen LogP contribution in [0, 0.1) is 12.7 Å². The van der Waals surface area contributed by atoms with Crippen molar-refractivity contribution in [2.45, 2.75) is 13.5 Å². The van der Waals surface area contributed by atoms with E-state index in [9.17, 15) is 9.18 Å². The van der Waals surface area contributed by atoms with Crippen molar-refractivity contribution in [1.82, 2.24) is 0 Å². The largest absolute Gasteiger partial charge is 0.489 e. The summed E-state index contributed by atoms with van der Waals surface area (Å²) >= 11 is 0. The summed E-state index contributed by atoms with van der Waals surface area (Å²) in [6.07, 6.45) is 0. The molecule has 2 aromatic rings. The number of carboxylic acids is 1. The molecule has 0 aliphatic carbocycles. The maximum absolute atomic E-state index is 13.4. The monoisotopic (exact) mass is 260 g/mol. The smallest absolute Gasteiger partial charge is 0.338 e. The zero-order chi connectivity index (χ0) is 13.8. The van der Waals surface area contributed by atoms with Gasteiger partial charge in [-0.15, -0.1) is 0 Å². The van der Waals surface area contributed by atoms with Gasteiger partial charge in [-0.1, -0.05) is 30.3 Å². The molecule has 0 fully saturated rings. The molecule has 4 heteroatoms. The van der Waals surface area contributed by atoms with Gasteiger partial charge in [-0.2, -0.15) is 0 Å². The Labute approximate surface area is 110 Å². The molecule has 1 N–H and O–H groups in total. The van der Waals surface area contributed by atoms with Crippen molar-refractivity contribution in [2.24, 2.45) is 0 Å². The molecule has 0 bridgehead atoms. The lowest BCUT2D eigenvalue weighted by Gasteiger charge is -2.10. The number of aromatic carboxylic acids is 1. The average molecular weight is 260 g/mol. The molecule has 0 saturated heterocycles. The Morgan fingerprint density at radius 3 is 2.58 bits per heavy atom. The number of carbonyl (C=O) groups is 1. The van der Waals surface area contributed by atoms with Gasteiger partial charge in [0.25, 0.3) is 0 Å². The van der Waals surface area contributed by atoms with Crippen LogP contribution in [0.15, 0.2) is 42.5 Å². The molecule has 0 atom stereocenters. The summed E-state index contributed by atoms with van der Waals surface area (Å²) in [5.74, 6) is -1.68. The van der Waals surface area contributed by atoms with Crippen LogP contribution in [0.4, 0.5) is 4.39 Å². The maximum Gasteiger partial charge on any atom is 0.338 e. The van der Waals surface area contributed by atoms with Gasteiger partial charge in [0.2, 0.25) is 0 Å². The Bertz CT molecular complexity index is 594. The third-order valence-corrected chi connectivity index (χ3v) is 2.73. The van der Waals surface area contributed by atoms with Crippen molar-refractivity contribution in [2.75, 3.05) is 0 Å². The second kappa shape index (κ2) is 5.52. The highest BCUT2D eigenvalue weighted by Crippen LogP contribution is 2.23. The first-order valence-corrected chi connectivity index (χ1v) is 5.78. The second-order valence-corrected chi connectivity index (χ2v) is 4.18. The quantitative estimate of drug-likeness (QED) is 0.916. The molecule has 2 aromatic carbocycles. The number of hydrogen-bond donors (Lipinski definition) is 1. The number of hydrogen-bond acceptors (Lipinski definition) is 2. The van der Waals surface area contributed by atoms with E-state index in [0.717, 1.165) is 5.56 Å². The van der Waals surface area contributed by atoms with E-state index in [1.165, 1.54) is 12.1 Å². The highest BCUT2D eigenvalue weighted by atomic mass is 19.1. The third-order valence-electron chi connectivity index (χ3n) is 2.73. The predicted molar refractivity (Wildman–Crippen MR) is 68.9 cm³/mol. The first-order chi connectivity index (χ1) is 9.08. The summed E-state index contributed by atoms with van der Waals surface area (Å²) in [5.41, 5.74) is 1.15. The number of aryl methyl sites for hydroxylation is 1. The van der Waals surface area contributed by atoms with Crippen LogP contribution in [-0.2, 0) is 6.61 Å².